The van der Waals surface area contributed by atoms with Gasteiger partial charge in [-0.05, 0) is 43.2 Å². The quantitative estimate of drug-likeness (QED) is 0.393. The molecule has 32 heavy (non-hydrogen) atoms. The van der Waals surface area contributed by atoms with Crippen LogP contribution in [0.3, 0.4) is 0 Å². The van der Waals surface area contributed by atoms with Gasteiger partial charge < -0.3 is 21.1 Å². The number of H-pyrrole nitrogens is 1. The molecule has 2 aliphatic rings. The monoisotopic (exact) mass is 431 g/mol. The molecule has 1 heterocycles. The summed E-state index contributed by atoms with van der Waals surface area (Å²) < 4.78 is 5.22. The molecule has 1 saturated carbocycles. The van der Waals surface area contributed by atoms with Gasteiger partial charge in [0.15, 0.2) is 5.78 Å². The van der Waals surface area contributed by atoms with Gasteiger partial charge in [0, 0.05) is 23.2 Å². The van der Waals surface area contributed by atoms with Crippen LogP contribution in [-0.4, -0.2) is 41.2 Å². The number of methoxy groups -OCH3 is 1. The molecule has 2 aromatic carbocycles. The zero-order valence-electron chi connectivity index (χ0n) is 17.8. The Hall–Kier alpha value is -3.65. The van der Waals surface area contributed by atoms with Crippen molar-refractivity contribution >= 4 is 17.5 Å². The molecule has 5 N–H and O–H groups in total. The van der Waals surface area contributed by atoms with Crippen molar-refractivity contribution < 1.29 is 14.3 Å². The number of benzene rings is 2. The lowest BCUT2D eigenvalue weighted by atomic mass is 9.91. The van der Waals surface area contributed by atoms with Crippen LogP contribution in [0.4, 0.5) is 10.5 Å². The Balaban J connectivity index is 1.42. The molecule has 8 nitrogen and oxygen atoms in total. The molecule has 0 saturated heterocycles. The first-order chi connectivity index (χ1) is 15.6. The molecule has 8 heteroatoms. The number of hydrogen-bond donors (Lipinski definition) is 4. The number of nitrogens with two attached hydrogens (primary N) is 1. The molecule has 1 fully saturated rings. The average molecular weight is 431 g/mol. The molecule has 5 rings (SSSR count). The number of rotatable bonds is 4. The molecule has 2 amide bonds. The van der Waals surface area contributed by atoms with Gasteiger partial charge >= 0.3 is 6.03 Å². The normalized spacial score (nSPS) is 19.2. The van der Waals surface area contributed by atoms with Gasteiger partial charge in [0.05, 0.1) is 29.6 Å². The average Bonchev–Trinajstić information content (AvgIpc) is 3.36. The highest BCUT2D eigenvalue weighted by Crippen LogP contribution is 2.43. The van der Waals surface area contributed by atoms with E-state index in [4.69, 9.17) is 10.5 Å². The fourth-order valence-corrected chi connectivity index (χ4v) is 4.62. The molecular formula is C24H25N5O3. The van der Waals surface area contributed by atoms with E-state index in [0.29, 0.717) is 28.2 Å². The third kappa shape index (κ3) is 3.42. The summed E-state index contributed by atoms with van der Waals surface area (Å²) in [7, 11) is 1.61. The maximum atomic E-state index is 13.4. The van der Waals surface area contributed by atoms with E-state index in [0.717, 1.165) is 42.6 Å². The molecule has 0 bridgehead atoms. The maximum absolute atomic E-state index is 13.4. The summed E-state index contributed by atoms with van der Waals surface area (Å²) in [4.78, 5) is 26.1. The van der Waals surface area contributed by atoms with Crippen LogP contribution in [-0.2, 0) is 0 Å². The van der Waals surface area contributed by atoms with Crippen molar-refractivity contribution in [3.63, 3.8) is 0 Å². The third-order valence-electron chi connectivity index (χ3n) is 6.30. The van der Waals surface area contributed by atoms with Gasteiger partial charge in [-0.15, -0.1) is 0 Å². The standard InChI is InChI=1S/C24H25N5O3/c1-32-14-11-9-13(10-12-14)21-20-22(29-28-21)15-5-4-8-18(19(15)23(20)30)27-24(31)26-17-7-3-2-6-16(17)25/h4-5,8-12,16-17H,2-3,6-7,25H2,1H3,(H,28,29)(H2,26,27,31)/t16-,17?/m1/s1. The second kappa shape index (κ2) is 8.12. The Labute approximate surface area is 185 Å². The minimum absolute atomic E-state index is 0.0458. The number of ketones is 1. The van der Waals surface area contributed by atoms with E-state index in [2.05, 4.69) is 20.8 Å². The molecule has 2 atom stereocenters. The van der Waals surface area contributed by atoms with Gasteiger partial charge in [-0.25, -0.2) is 4.79 Å². The molecular weight excluding hydrogens is 406 g/mol. The molecule has 164 valence electrons. The van der Waals surface area contributed by atoms with Crippen LogP contribution in [0.25, 0.3) is 22.5 Å². The number of nitrogens with one attached hydrogen (secondary N) is 3. The number of anilines is 1. The number of amides is 2. The molecule has 3 aromatic rings. The number of fused-ring (bicyclic) bond motifs is 3. The summed E-state index contributed by atoms with van der Waals surface area (Å²) in [5.74, 6) is 0.561. The van der Waals surface area contributed by atoms with E-state index >= 15 is 0 Å². The van der Waals surface area contributed by atoms with E-state index in [-0.39, 0.29) is 23.9 Å². The van der Waals surface area contributed by atoms with Crippen LogP contribution in [0, 0.1) is 0 Å². The number of ether oxygens (including phenoxy) is 1. The Kier molecular flexibility index (Phi) is 5.14. The predicted octanol–water partition coefficient (Wildman–Crippen LogP) is 3.69. The lowest BCUT2D eigenvalue weighted by molar-refractivity contribution is 0.104. The van der Waals surface area contributed by atoms with Crippen LogP contribution in [0.2, 0.25) is 0 Å². The molecule has 0 aliphatic heterocycles. The summed E-state index contributed by atoms with van der Waals surface area (Å²) in [5, 5.41) is 13.2. The van der Waals surface area contributed by atoms with Crippen molar-refractivity contribution in [1.82, 2.24) is 15.5 Å². The molecule has 0 radical (unpaired) electrons. The smallest absolute Gasteiger partial charge is 0.319 e. The van der Waals surface area contributed by atoms with Crippen molar-refractivity contribution in [2.75, 3.05) is 12.4 Å². The van der Waals surface area contributed by atoms with Gasteiger partial charge in [-0.1, -0.05) is 25.0 Å². The number of hydrogen-bond acceptors (Lipinski definition) is 5. The Morgan fingerprint density at radius 2 is 1.91 bits per heavy atom. The van der Waals surface area contributed by atoms with E-state index in [9.17, 15) is 9.59 Å². The zero-order chi connectivity index (χ0) is 22.2. The number of nitrogens with zero attached hydrogens (tertiary/aromatic N) is 1. The number of aromatic nitrogens is 2. The summed E-state index contributed by atoms with van der Waals surface area (Å²) in [5.41, 5.74) is 10.4. The Morgan fingerprint density at radius 3 is 2.66 bits per heavy atom. The highest BCUT2D eigenvalue weighted by Gasteiger charge is 2.35. The van der Waals surface area contributed by atoms with Gasteiger partial charge in [0.25, 0.3) is 0 Å². The molecule has 1 aromatic heterocycles. The number of urea groups is 1. The van der Waals surface area contributed by atoms with Crippen LogP contribution < -0.4 is 21.1 Å². The van der Waals surface area contributed by atoms with Crippen molar-refractivity contribution in [2.45, 2.75) is 37.8 Å². The topological polar surface area (TPSA) is 122 Å². The molecule has 0 spiro atoms. The van der Waals surface area contributed by atoms with Crippen LogP contribution in [0.5, 0.6) is 5.75 Å². The zero-order valence-corrected chi connectivity index (χ0v) is 17.8. The van der Waals surface area contributed by atoms with Crippen molar-refractivity contribution in [2.24, 2.45) is 5.73 Å². The van der Waals surface area contributed by atoms with E-state index in [1.54, 1.807) is 13.2 Å². The predicted molar refractivity (Wildman–Crippen MR) is 122 cm³/mol. The van der Waals surface area contributed by atoms with E-state index in [1.165, 1.54) is 0 Å². The second-order valence-corrected chi connectivity index (χ2v) is 8.26. The Morgan fingerprint density at radius 1 is 1.12 bits per heavy atom. The fraction of sp³-hybridized carbons (Fsp3) is 0.292. The molecule has 1 unspecified atom stereocenters. The van der Waals surface area contributed by atoms with Crippen molar-refractivity contribution in [1.29, 1.82) is 0 Å². The van der Waals surface area contributed by atoms with Crippen LogP contribution in [0.15, 0.2) is 42.5 Å². The summed E-state index contributed by atoms with van der Waals surface area (Å²) in [6.45, 7) is 0. The minimum atomic E-state index is -0.349. The fourth-order valence-electron chi connectivity index (χ4n) is 4.62. The van der Waals surface area contributed by atoms with Gasteiger partial charge in [0.2, 0.25) is 0 Å². The van der Waals surface area contributed by atoms with Gasteiger partial charge in [0.1, 0.15) is 11.4 Å². The minimum Gasteiger partial charge on any atom is -0.497 e. The number of carbonyl (C=O) groups is 2. The summed E-state index contributed by atoms with van der Waals surface area (Å²) >= 11 is 0. The van der Waals surface area contributed by atoms with Crippen LogP contribution in [0.1, 0.15) is 41.6 Å². The van der Waals surface area contributed by atoms with Gasteiger partial charge in [-0.3, -0.25) is 9.89 Å². The summed E-state index contributed by atoms with van der Waals surface area (Å²) in [6, 6.07) is 12.3. The Bertz CT molecular complexity index is 1180. The SMILES string of the molecule is COc1ccc(-c2n[nH]c3c2C(=O)c2c(NC(=O)NC4CCCC[C@H]4N)cccc2-3)cc1. The summed E-state index contributed by atoms with van der Waals surface area (Å²) in [6.07, 6.45) is 3.90. The number of aromatic amines is 1. The van der Waals surface area contributed by atoms with E-state index in [1.807, 2.05) is 36.4 Å². The second-order valence-electron chi connectivity index (χ2n) is 8.26. The number of carbonyl (C=O) groups excluding carboxylic acids is 2. The van der Waals surface area contributed by atoms with Gasteiger partial charge in [-0.2, -0.15) is 5.10 Å². The van der Waals surface area contributed by atoms with Crippen molar-refractivity contribution in [3.05, 3.63) is 53.6 Å². The highest BCUT2D eigenvalue weighted by atomic mass is 16.5. The maximum Gasteiger partial charge on any atom is 0.319 e. The first-order valence-corrected chi connectivity index (χ1v) is 10.8. The van der Waals surface area contributed by atoms with Crippen molar-refractivity contribution in [3.8, 4) is 28.3 Å². The molecule has 2 aliphatic carbocycles. The lowest BCUT2D eigenvalue weighted by Gasteiger charge is -2.29. The first kappa shape index (κ1) is 20.3. The third-order valence-corrected chi connectivity index (χ3v) is 6.30. The largest absolute Gasteiger partial charge is 0.497 e. The van der Waals surface area contributed by atoms with Crippen LogP contribution >= 0.6 is 0 Å². The van der Waals surface area contributed by atoms with E-state index < -0.39 is 0 Å². The lowest BCUT2D eigenvalue weighted by Crippen LogP contribution is -2.50. The highest BCUT2D eigenvalue weighted by molar-refractivity contribution is 6.26. The first-order valence-electron chi connectivity index (χ1n) is 10.8.